The van der Waals surface area contributed by atoms with Crippen molar-refractivity contribution >= 4 is 32.5 Å². The second-order valence-electron chi connectivity index (χ2n) is 11.3. The van der Waals surface area contributed by atoms with Crippen LogP contribution in [-0.4, -0.2) is 30.1 Å². The average Bonchev–Trinajstić information content (AvgIpc) is 3.27. The monoisotopic (exact) mass is 600 g/mol. The Hall–Kier alpha value is -5.00. The molecule has 1 aromatic heterocycles. The molecule has 0 unspecified atom stereocenters. The normalized spacial score (nSPS) is 13.6. The second kappa shape index (κ2) is 11.9. The lowest BCUT2D eigenvalue weighted by atomic mass is 9.93. The summed E-state index contributed by atoms with van der Waals surface area (Å²) in [6.45, 7) is 2.56. The first-order valence-electron chi connectivity index (χ1n) is 14.6. The lowest BCUT2D eigenvalue weighted by Crippen LogP contribution is -2.29. The van der Waals surface area contributed by atoms with Gasteiger partial charge in [-0.1, -0.05) is 72.8 Å². The third kappa shape index (κ3) is 6.05. The molecule has 0 radical (unpaired) electrons. The molecule has 0 saturated heterocycles. The molecule has 8 heteroatoms. The molecular weight excluding hydrogens is 568 g/mol. The number of imidazole rings is 1. The van der Waals surface area contributed by atoms with Crippen molar-refractivity contribution in [1.82, 2.24) is 14.3 Å². The summed E-state index contributed by atoms with van der Waals surface area (Å²) in [5, 5.41) is 9.60. The van der Waals surface area contributed by atoms with E-state index >= 15 is 0 Å². The first-order valence-corrected chi connectivity index (χ1v) is 16.5. The highest BCUT2D eigenvalue weighted by Crippen LogP contribution is 2.35. The van der Waals surface area contributed by atoms with Crippen molar-refractivity contribution in [1.29, 1.82) is 5.26 Å². The molecule has 5 aromatic rings. The molecule has 1 aliphatic carbocycles. The van der Waals surface area contributed by atoms with Gasteiger partial charge in [-0.15, -0.1) is 0 Å². The number of hydrogen-bond acceptors (Lipinski definition) is 5. The molecule has 0 aliphatic heterocycles. The molecule has 44 heavy (non-hydrogen) atoms. The maximum atomic E-state index is 12.4. The molecule has 220 valence electrons. The molecule has 1 amide bonds. The number of benzene rings is 4. The van der Waals surface area contributed by atoms with Crippen LogP contribution in [0.25, 0.3) is 27.7 Å². The number of amides is 1. The summed E-state index contributed by atoms with van der Waals surface area (Å²) in [4.78, 5) is 17.4. The van der Waals surface area contributed by atoms with Crippen LogP contribution >= 0.6 is 0 Å². The van der Waals surface area contributed by atoms with Crippen LogP contribution in [0.3, 0.4) is 0 Å². The molecule has 7 nitrogen and oxygen atoms in total. The maximum Gasteiger partial charge on any atom is 0.233 e. The summed E-state index contributed by atoms with van der Waals surface area (Å²) in [6.07, 6.45) is 4.62. The minimum Gasteiger partial charge on any atom is -0.323 e. The van der Waals surface area contributed by atoms with Crippen LogP contribution in [0.1, 0.15) is 45.6 Å². The molecule has 0 fully saturated rings. The van der Waals surface area contributed by atoms with Crippen molar-refractivity contribution in [2.45, 2.75) is 39.2 Å². The number of rotatable bonds is 7. The molecule has 0 spiro atoms. The molecule has 1 aliphatic rings. The van der Waals surface area contributed by atoms with E-state index in [1.807, 2.05) is 37.3 Å². The molecule has 0 bridgehead atoms. The number of nitrogens with one attached hydrogen (secondary N) is 1. The minimum atomic E-state index is -3.65. The van der Waals surface area contributed by atoms with Crippen LogP contribution in [0.4, 0.5) is 0 Å². The number of nitriles is 1. The zero-order chi connectivity index (χ0) is 30.8. The summed E-state index contributed by atoms with van der Waals surface area (Å²) in [6, 6.07) is 31.4. The summed E-state index contributed by atoms with van der Waals surface area (Å²) in [5.41, 5.74) is 11.6. The molecule has 1 heterocycles. The fourth-order valence-corrected chi connectivity index (χ4v) is 6.64. The van der Waals surface area contributed by atoms with E-state index in [1.54, 1.807) is 6.08 Å². The van der Waals surface area contributed by atoms with Crippen molar-refractivity contribution in [2.24, 2.45) is 0 Å². The van der Waals surface area contributed by atoms with Crippen molar-refractivity contribution in [3.8, 4) is 17.2 Å². The number of carbonyl (C=O) groups is 1. The lowest BCUT2D eigenvalue weighted by molar-refractivity contribution is -0.119. The maximum absolute atomic E-state index is 12.4. The van der Waals surface area contributed by atoms with Gasteiger partial charge in [-0.3, -0.25) is 9.52 Å². The van der Waals surface area contributed by atoms with Gasteiger partial charge in [-0.25, -0.2) is 13.4 Å². The van der Waals surface area contributed by atoms with Gasteiger partial charge < -0.3 is 4.57 Å². The van der Waals surface area contributed by atoms with Gasteiger partial charge in [0.25, 0.3) is 0 Å². The Morgan fingerprint density at radius 3 is 2.45 bits per heavy atom. The second-order valence-corrected chi connectivity index (χ2v) is 13.0. The highest BCUT2D eigenvalue weighted by atomic mass is 32.2. The largest absolute Gasteiger partial charge is 0.323 e. The smallest absolute Gasteiger partial charge is 0.233 e. The first-order chi connectivity index (χ1) is 21.2. The van der Waals surface area contributed by atoms with Crippen LogP contribution in [0, 0.1) is 18.3 Å². The first kappa shape index (κ1) is 29.1. The van der Waals surface area contributed by atoms with Gasteiger partial charge in [0.2, 0.25) is 15.9 Å². The van der Waals surface area contributed by atoms with Gasteiger partial charge in [0.1, 0.15) is 5.82 Å². The molecule has 0 atom stereocenters. The average molecular weight is 601 g/mol. The minimum absolute atomic E-state index is 0.00819. The van der Waals surface area contributed by atoms with E-state index in [1.165, 1.54) is 11.1 Å². The van der Waals surface area contributed by atoms with E-state index in [0.29, 0.717) is 12.4 Å². The van der Waals surface area contributed by atoms with Gasteiger partial charge in [-0.05, 0) is 82.0 Å². The van der Waals surface area contributed by atoms with Crippen LogP contribution in [0.2, 0.25) is 0 Å². The highest BCUT2D eigenvalue weighted by Gasteiger charge is 2.20. The number of fused-ring (bicyclic) bond motifs is 3. The fraction of sp³-hybridized carbons (Fsp3) is 0.194. The van der Waals surface area contributed by atoms with Crippen molar-refractivity contribution < 1.29 is 13.2 Å². The highest BCUT2D eigenvalue weighted by molar-refractivity contribution is 7.89. The Labute approximate surface area is 257 Å². The van der Waals surface area contributed by atoms with E-state index in [4.69, 9.17) is 4.98 Å². The Bertz CT molecular complexity index is 2090. The van der Waals surface area contributed by atoms with Crippen molar-refractivity contribution in [3.63, 3.8) is 0 Å². The zero-order valence-electron chi connectivity index (χ0n) is 24.7. The lowest BCUT2D eigenvalue weighted by Gasteiger charge is -2.15. The van der Waals surface area contributed by atoms with Crippen LogP contribution in [0.15, 0.2) is 91.0 Å². The van der Waals surface area contributed by atoms with E-state index in [9.17, 15) is 18.5 Å². The van der Waals surface area contributed by atoms with E-state index in [2.05, 4.69) is 70.0 Å². The van der Waals surface area contributed by atoms with Crippen molar-refractivity contribution in [2.75, 3.05) is 6.26 Å². The van der Waals surface area contributed by atoms with Gasteiger partial charge >= 0.3 is 0 Å². The summed E-state index contributed by atoms with van der Waals surface area (Å²) in [7, 11) is -3.65. The molecule has 1 N–H and O–H groups in total. The van der Waals surface area contributed by atoms with Crippen LogP contribution in [0.5, 0.6) is 0 Å². The van der Waals surface area contributed by atoms with Gasteiger partial charge in [-0.2, -0.15) is 5.26 Å². The molecular formula is C36H32N4O3S. The summed E-state index contributed by atoms with van der Waals surface area (Å²) < 4.78 is 27.5. The Morgan fingerprint density at radius 1 is 0.955 bits per heavy atom. The molecule has 6 rings (SSSR count). The van der Waals surface area contributed by atoms with Crippen LogP contribution < -0.4 is 4.72 Å². The van der Waals surface area contributed by atoms with E-state index in [-0.39, 0.29) is 12.8 Å². The van der Waals surface area contributed by atoms with Gasteiger partial charge in [0.05, 0.1) is 23.4 Å². The Kier molecular flexibility index (Phi) is 7.90. The number of sulfonamides is 1. The number of allylic oxidation sites excluding steroid dienone is 1. The Balaban J connectivity index is 1.42. The third-order valence-corrected chi connectivity index (χ3v) is 8.68. The molecule has 0 saturated carbocycles. The number of hydrogen-bond donors (Lipinski definition) is 1. The zero-order valence-corrected chi connectivity index (χ0v) is 25.5. The topological polar surface area (TPSA) is 105 Å². The van der Waals surface area contributed by atoms with E-state index < -0.39 is 15.9 Å². The van der Waals surface area contributed by atoms with Gasteiger partial charge in [0, 0.05) is 25.5 Å². The fourth-order valence-electron chi connectivity index (χ4n) is 6.12. The predicted molar refractivity (Wildman–Crippen MR) is 173 cm³/mol. The van der Waals surface area contributed by atoms with E-state index in [0.717, 1.165) is 69.1 Å². The quantitative estimate of drug-likeness (QED) is 0.227. The Morgan fingerprint density at radius 2 is 1.68 bits per heavy atom. The predicted octanol–water partition coefficient (Wildman–Crippen LogP) is 6.12. The van der Waals surface area contributed by atoms with Crippen LogP contribution in [-0.2, 0) is 40.6 Å². The summed E-state index contributed by atoms with van der Waals surface area (Å²) >= 11 is 0. The molecule has 4 aromatic carbocycles. The summed E-state index contributed by atoms with van der Waals surface area (Å²) in [5.74, 6) is 0.151. The van der Waals surface area contributed by atoms with Gasteiger partial charge in [0.15, 0.2) is 0 Å². The number of nitrogens with zero attached hydrogens (tertiary/aromatic N) is 3. The number of carbonyl (C=O) groups excluding carboxylic acids is 1. The number of aryl methyl sites for hydroxylation is 4. The third-order valence-electron chi connectivity index (χ3n) is 8.09. The van der Waals surface area contributed by atoms with Crippen molar-refractivity contribution in [3.05, 3.63) is 130 Å². The number of aromatic nitrogens is 2. The SMILES string of the molecule is Cc1cc(-c2ccccc2)cc2c1nc(CCC(=O)NS(C)(=O)=O)n2Cc1ccc2c(c1)CCc1ccccc1C2=CC#N. The standard InChI is InChI=1S/C36H32N4O3S/c1-24-20-29(26-8-4-3-5-9-26)22-33-36(24)38-34(16-17-35(41)39-44(2,42)43)40(33)23-25-12-15-31-28(21-25)14-13-27-10-6-7-11-30(27)32(31)18-19-37/h3-12,15,18,20-22H,13-14,16-17,23H2,1-2H3,(H,39,41).